The van der Waals surface area contributed by atoms with Gasteiger partial charge in [-0.15, -0.1) is 0 Å². The molecule has 0 aromatic heterocycles. The Labute approximate surface area is 53.6 Å². The van der Waals surface area contributed by atoms with Crippen molar-refractivity contribution in [1.82, 2.24) is 4.90 Å². The number of carbonyl (C=O) groups is 1. The normalized spacial score (nSPS) is 47.7. The fraction of sp³-hybridized carbons (Fsp3) is 0.833. The molecule has 2 saturated heterocycles. The molecule has 3 nitrogen and oxygen atoms in total. The average Bonchev–Trinajstić information content (AvgIpc) is 2.43. The SMILES string of the molecule is CN1C2CCC(=O)OC21. The van der Waals surface area contributed by atoms with Crippen molar-refractivity contribution in [2.45, 2.75) is 25.1 Å². The van der Waals surface area contributed by atoms with Crippen LogP contribution >= 0.6 is 0 Å². The molecule has 0 radical (unpaired) electrons. The molecule has 0 bridgehead atoms. The number of carbonyl (C=O) groups excluding carboxylic acids is 1. The Kier molecular flexibility index (Phi) is 0.858. The second-order valence-corrected chi connectivity index (χ2v) is 2.65. The highest BCUT2D eigenvalue weighted by Crippen LogP contribution is 2.34. The average molecular weight is 127 g/mol. The van der Waals surface area contributed by atoms with Gasteiger partial charge in [-0.25, -0.2) is 0 Å². The van der Waals surface area contributed by atoms with Crippen LogP contribution in [0.15, 0.2) is 0 Å². The Morgan fingerprint density at radius 2 is 2.56 bits per heavy atom. The van der Waals surface area contributed by atoms with Crippen molar-refractivity contribution in [2.24, 2.45) is 0 Å². The van der Waals surface area contributed by atoms with E-state index in [1.807, 2.05) is 7.05 Å². The molecular weight excluding hydrogens is 118 g/mol. The lowest BCUT2D eigenvalue weighted by Crippen LogP contribution is -2.15. The van der Waals surface area contributed by atoms with Crippen LogP contribution in [0.4, 0.5) is 0 Å². The van der Waals surface area contributed by atoms with Gasteiger partial charge in [0, 0.05) is 6.42 Å². The first-order valence-corrected chi connectivity index (χ1v) is 3.20. The number of ether oxygens (including phenoxy) is 1. The van der Waals surface area contributed by atoms with Crippen molar-refractivity contribution >= 4 is 5.97 Å². The zero-order valence-electron chi connectivity index (χ0n) is 5.33. The molecule has 2 heterocycles. The molecule has 0 aromatic carbocycles. The highest BCUT2D eigenvalue weighted by molar-refractivity contribution is 5.71. The fourth-order valence-corrected chi connectivity index (χ4v) is 1.34. The molecule has 2 fully saturated rings. The molecule has 3 heteroatoms. The van der Waals surface area contributed by atoms with E-state index in [0.717, 1.165) is 6.42 Å². The molecule has 0 saturated carbocycles. The molecule has 9 heavy (non-hydrogen) atoms. The van der Waals surface area contributed by atoms with Crippen LogP contribution in [0.2, 0.25) is 0 Å². The summed E-state index contributed by atoms with van der Waals surface area (Å²) in [6.07, 6.45) is 1.72. The van der Waals surface area contributed by atoms with E-state index in [4.69, 9.17) is 4.74 Å². The molecule has 0 N–H and O–H groups in total. The summed E-state index contributed by atoms with van der Waals surface area (Å²) >= 11 is 0. The Morgan fingerprint density at radius 3 is 3.11 bits per heavy atom. The fourth-order valence-electron chi connectivity index (χ4n) is 1.34. The smallest absolute Gasteiger partial charge is 0.307 e. The molecule has 0 aromatic rings. The van der Waals surface area contributed by atoms with Crippen molar-refractivity contribution < 1.29 is 9.53 Å². The van der Waals surface area contributed by atoms with Gasteiger partial charge in [0.1, 0.15) is 0 Å². The van der Waals surface area contributed by atoms with Crippen LogP contribution in [0.3, 0.4) is 0 Å². The first kappa shape index (κ1) is 5.23. The van der Waals surface area contributed by atoms with E-state index < -0.39 is 0 Å². The van der Waals surface area contributed by atoms with Crippen LogP contribution in [0.25, 0.3) is 0 Å². The third-order valence-corrected chi connectivity index (χ3v) is 2.06. The number of hydrogen-bond acceptors (Lipinski definition) is 3. The van der Waals surface area contributed by atoms with E-state index >= 15 is 0 Å². The summed E-state index contributed by atoms with van der Waals surface area (Å²) in [7, 11) is 1.98. The standard InChI is InChI=1S/C6H9NO2/c1-7-4-2-3-5(8)9-6(4)7/h4,6H,2-3H2,1H3. The number of likely N-dealkylation sites (N-methyl/N-ethyl adjacent to an activating group) is 1. The van der Waals surface area contributed by atoms with Gasteiger partial charge in [0.2, 0.25) is 0 Å². The second-order valence-electron chi connectivity index (χ2n) is 2.65. The van der Waals surface area contributed by atoms with Crippen molar-refractivity contribution in [3.8, 4) is 0 Å². The maximum Gasteiger partial charge on any atom is 0.307 e. The maximum atomic E-state index is 10.6. The van der Waals surface area contributed by atoms with Gasteiger partial charge in [-0.1, -0.05) is 0 Å². The first-order valence-electron chi connectivity index (χ1n) is 3.20. The lowest BCUT2D eigenvalue weighted by molar-refractivity contribution is -0.148. The summed E-state index contributed by atoms with van der Waals surface area (Å²) in [4.78, 5) is 12.7. The Hall–Kier alpha value is -0.570. The molecule has 50 valence electrons. The highest BCUT2D eigenvalue weighted by atomic mass is 16.6. The predicted octanol–water partition coefficient (Wildman–Crippen LogP) is -0.0365. The lowest BCUT2D eigenvalue weighted by Gasteiger charge is -2.05. The number of esters is 1. The van der Waals surface area contributed by atoms with Gasteiger partial charge in [0.15, 0.2) is 6.23 Å². The third-order valence-electron chi connectivity index (χ3n) is 2.06. The van der Waals surface area contributed by atoms with Gasteiger partial charge < -0.3 is 4.74 Å². The summed E-state index contributed by atoms with van der Waals surface area (Å²) in [5, 5.41) is 0. The quantitative estimate of drug-likeness (QED) is 0.338. The van der Waals surface area contributed by atoms with Crippen molar-refractivity contribution in [2.75, 3.05) is 7.05 Å². The van der Waals surface area contributed by atoms with E-state index in [9.17, 15) is 4.79 Å². The van der Waals surface area contributed by atoms with Gasteiger partial charge in [-0.05, 0) is 13.5 Å². The molecule has 2 aliphatic rings. The number of hydrogen-bond donors (Lipinski definition) is 0. The molecule has 0 amide bonds. The molecular formula is C6H9NO2. The van der Waals surface area contributed by atoms with Crippen LogP contribution in [0.1, 0.15) is 12.8 Å². The Balaban J connectivity index is 2.03. The van der Waals surface area contributed by atoms with E-state index in [-0.39, 0.29) is 12.2 Å². The van der Waals surface area contributed by atoms with Crippen LogP contribution in [-0.4, -0.2) is 30.2 Å². The van der Waals surface area contributed by atoms with Crippen LogP contribution < -0.4 is 0 Å². The van der Waals surface area contributed by atoms with Crippen molar-refractivity contribution in [1.29, 1.82) is 0 Å². The summed E-state index contributed by atoms with van der Waals surface area (Å²) < 4.78 is 4.96. The van der Waals surface area contributed by atoms with E-state index in [2.05, 4.69) is 4.90 Å². The van der Waals surface area contributed by atoms with E-state index in [1.54, 1.807) is 0 Å². The summed E-state index contributed by atoms with van der Waals surface area (Å²) in [5.74, 6) is -0.0411. The number of nitrogens with zero attached hydrogens (tertiary/aromatic N) is 1. The van der Waals surface area contributed by atoms with Crippen molar-refractivity contribution in [3.05, 3.63) is 0 Å². The second kappa shape index (κ2) is 1.48. The maximum absolute atomic E-state index is 10.6. The van der Waals surface area contributed by atoms with Gasteiger partial charge >= 0.3 is 5.97 Å². The van der Waals surface area contributed by atoms with E-state index in [1.165, 1.54) is 0 Å². The lowest BCUT2D eigenvalue weighted by atomic mass is 10.2. The highest BCUT2D eigenvalue weighted by Gasteiger charge is 2.50. The van der Waals surface area contributed by atoms with E-state index in [0.29, 0.717) is 12.5 Å². The molecule has 0 spiro atoms. The molecule has 3 atom stereocenters. The van der Waals surface area contributed by atoms with Crippen LogP contribution in [0.5, 0.6) is 0 Å². The largest absolute Gasteiger partial charge is 0.445 e. The number of rotatable bonds is 0. The molecule has 2 aliphatic heterocycles. The van der Waals surface area contributed by atoms with Gasteiger partial charge in [-0.3, -0.25) is 9.69 Å². The molecule has 0 aliphatic carbocycles. The summed E-state index contributed by atoms with van der Waals surface area (Å²) in [5.41, 5.74) is 0. The third kappa shape index (κ3) is 0.645. The zero-order chi connectivity index (χ0) is 6.43. The zero-order valence-corrected chi connectivity index (χ0v) is 5.33. The number of fused-ring (bicyclic) bond motifs is 1. The predicted molar refractivity (Wildman–Crippen MR) is 30.7 cm³/mol. The van der Waals surface area contributed by atoms with Gasteiger partial charge in [-0.2, -0.15) is 0 Å². The first-order chi connectivity index (χ1) is 4.29. The monoisotopic (exact) mass is 127 g/mol. The Morgan fingerprint density at radius 1 is 1.78 bits per heavy atom. The Bertz CT molecular complexity index is 157. The van der Waals surface area contributed by atoms with Crippen molar-refractivity contribution in [3.63, 3.8) is 0 Å². The van der Waals surface area contributed by atoms with Gasteiger partial charge in [0.25, 0.3) is 0 Å². The van der Waals surface area contributed by atoms with Crippen LogP contribution in [-0.2, 0) is 9.53 Å². The molecule has 2 rings (SSSR count). The topological polar surface area (TPSA) is 29.3 Å². The van der Waals surface area contributed by atoms with Gasteiger partial charge in [0.05, 0.1) is 6.04 Å². The minimum Gasteiger partial charge on any atom is -0.445 e. The molecule has 3 unspecified atom stereocenters. The van der Waals surface area contributed by atoms with Crippen LogP contribution in [0, 0.1) is 0 Å². The minimum absolute atomic E-state index is 0.0411. The summed E-state index contributed by atoms with van der Waals surface area (Å²) in [6, 6.07) is 0.544. The minimum atomic E-state index is -0.0411. The summed E-state index contributed by atoms with van der Waals surface area (Å²) in [6.45, 7) is 0.